The Morgan fingerprint density at radius 3 is 2.68 bits per heavy atom. The van der Waals surface area contributed by atoms with Crippen LogP contribution in [0.2, 0.25) is 0 Å². The Morgan fingerprint density at radius 2 is 2.09 bits per heavy atom. The molecule has 6 nitrogen and oxygen atoms in total. The van der Waals surface area contributed by atoms with E-state index in [1.54, 1.807) is 25.5 Å². The fourth-order valence-corrected chi connectivity index (χ4v) is 2.70. The lowest BCUT2D eigenvalue weighted by atomic mass is 10.1. The molecule has 0 aromatic carbocycles. The Balaban J connectivity index is 2.14. The molecular formula is C15H18N2O4S. The third-order valence-corrected chi connectivity index (χ3v) is 4.15. The third kappa shape index (κ3) is 3.94. The second-order valence-electron chi connectivity index (χ2n) is 5.21. The zero-order valence-corrected chi connectivity index (χ0v) is 13.5. The number of carbonyl (C=O) groups excluding carboxylic acids is 1. The smallest absolute Gasteiger partial charge is 0.289 e. The van der Waals surface area contributed by atoms with Crippen molar-refractivity contribution in [3.63, 3.8) is 0 Å². The Bertz CT molecular complexity index is 753. The van der Waals surface area contributed by atoms with Gasteiger partial charge in [0.2, 0.25) is 0 Å². The molecule has 2 rings (SSSR count). The number of pyridine rings is 1. The summed E-state index contributed by atoms with van der Waals surface area (Å²) in [6, 6.07) is 6.52. The van der Waals surface area contributed by atoms with Crippen LogP contribution in [0.5, 0.6) is 0 Å². The van der Waals surface area contributed by atoms with Crippen LogP contribution in [0.15, 0.2) is 41.1 Å². The van der Waals surface area contributed by atoms with E-state index in [0.717, 1.165) is 11.8 Å². The molecule has 1 amide bonds. The maximum absolute atomic E-state index is 12.4. The minimum absolute atomic E-state index is 0.122. The molecule has 0 aliphatic heterocycles. The van der Waals surface area contributed by atoms with E-state index in [-0.39, 0.29) is 29.2 Å². The number of hydrogen-bond donors (Lipinski definition) is 0. The molecule has 118 valence electrons. The third-order valence-electron chi connectivity index (χ3n) is 3.34. The molecule has 0 spiro atoms. The fourth-order valence-electron chi connectivity index (χ4n) is 2.03. The van der Waals surface area contributed by atoms with Gasteiger partial charge in [0.15, 0.2) is 15.6 Å². The van der Waals surface area contributed by atoms with Gasteiger partial charge in [-0.05, 0) is 30.7 Å². The van der Waals surface area contributed by atoms with Crippen LogP contribution in [0.3, 0.4) is 0 Å². The van der Waals surface area contributed by atoms with Gasteiger partial charge in [0.25, 0.3) is 5.91 Å². The zero-order valence-electron chi connectivity index (χ0n) is 12.7. The van der Waals surface area contributed by atoms with E-state index >= 15 is 0 Å². The summed E-state index contributed by atoms with van der Waals surface area (Å²) in [5.41, 5.74) is 0.904. The lowest BCUT2D eigenvalue weighted by molar-refractivity contribution is 0.0708. The summed E-state index contributed by atoms with van der Waals surface area (Å²) in [6.45, 7) is 1.88. The molecule has 0 saturated carbocycles. The maximum Gasteiger partial charge on any atom is 0.289 e. The van der Waals surface area contributed by atoms with Crippen LogP contribution < -0.4 is 0 Å². The van der Waals surface area contributed by atoms with Crippen LogP contribution in [0.4, 0.5) is 0 Å². The number of rotatable bonds is 5. The maximum atomic E-state index is 12.4. The minimum Gasteiger partial charge on any atom is -0.455 e. The summed E-state index contributed by atoms with van der Waals surface area (Å²) in [5.74, 6) is -0.149. The van der Waals surface area contributed by atoms with E-state index in [2.05, 4.69) is 4.98 Å². The van der Waals surface area contributed by atoms with Crippen LogP contribution >= 0.6 is 0 Å². The lowest BCUT2D eigenvalue weighted by Crippen LogP contribution is -2.29. The van der Waals surface area contributed by atoms with Gasteiger partial charge in [-0.2, -0.15) is 0 Å². The topological polar surface area (TPSA) is 80.5 Å². The molecule has 0 saturated heterocycles. The summed E-state index contributed by atoms with van der Waals surface area (Å²) in [5, 5.41) is 0. The first-order valence-electron chi connectivity index (χ1n) is 6.71. The van der Waals surface area contributed by atoms with Crippen LogP contribution in [-0.4, -0.2) is 37.5 Å². The Kier molecular flexibility index (Phi) is 4.65. The Morgan fingerprint density at radius 1 is 1.36 bits per heavy atom. The van der Waals surface area contributed by atoms with Crippen LogP contribution in [0.25, 0.3) is 0 Å². The predicted molar refractivity (Wildman–Crippen MR) is 82.0 cm³/mol. The number of hydrogen-bond acceptors (Lipinski definition) is 5. The summed E-state index contributed by atoms with van der Waals surface area (Å²) < 4.78 is 27.8. The van der Waals surface area contributed by atoms with Crippen molar-refractivity contribution in [2.75, 3.05) is 13.3 Å². The van der Waals surface area contributed by atoms with E-state index < -0.39 is 9.84 Å². The lowest BCUT2D eigenvalue weighted by Gasteiger charge is -2.24. The SMILES string of the molecule is CC(c1cccnc1)N(C)C(=O)c1ccc(CS(C)(=O)=O)o1. The average Bonchev–Trinajstić information content (AvgIpc) is 2.92. The molecule has 7 heteroatoms. The first-order chi connectivity index (χ1) is 10.3. The predicted octanol–water partition coefficient (Wildman–Crippen LogP) is 2.05. The van der Waals surface area contributed by atoms with Crippen molar-refractivity contribution in [2.24, 2.45) is 0 Å². The Hall–Kier alpha value is -2.15. The number of sulfone groups is 1. The van der Waals surface area contributed by atoms with Crippen molar-refractivity contribution in [2.45, 2.75) is 18.7 Å². The number of amides is 1. The highest BCUT2D eigenvalue weighted by Crippen LogP contribution is 2.21. The second kappa shape index (κ2) is 6.31. The van der Waals surface area contributed by atoms with Crippen molar-refractivity contribution in [1.82, 2.24) is 9.88 Å². The molecule has 22 heavy (non-hydrogen) atoms. The summed E-state index contributed by atoms with van der Waals surface area (Å²) in [7, 11) is -1.53. The van der Waals surface area contributed by atoms with E-state index in [1.165, 1.54) is 17.0 Å². The molecular weight excluding hydrogens is 304 g/mol. The van der Waals surface area contributed by atoms with Gasteiger partial charge in [0.05, 0.1) is 6.04 Å². The molecule has 2 aromatic rings. The normalized spacial score (nSPS) is 12.9. The van der Waals surface area contributed by atoms with Crippen LogP contribution in [-0.2, 0) is 15.6 Å². The van der Waals surface area contributed by atoms with E-state index in [4.69, 9.17) is 4.42 Å². The Labute approximate surface area is 129 Å². The quantitative estimate of drug-likeness (QED) is 0.841. The number of nitrogens with zero attached hydrogens (tertiary/aromatic N) is 2. The molecule has 0 aliphatic carbocycles. The van der Waals surface area contributed by atoms with Crippen molar-refractivity contribution in [3.8, 4) is 0 Å². The summed E-state index contributed by atoms with van der Waals surface area (Å²) in [4.78, 5) is 18.0. The molecule has 0 bridgehead atoms. The molecule has 1 unspecified atom stereocenters. The average molecular weight is 322 g/mol. The van der Waals surface area contributed by atoms with E-state index in [9.17, 15) is 13.2 Å². The number of aromatic nitrogens is 1. The number of carbonyl (C=O) groups is 1. The van der Waals surface area contributed by atoms with E-state index in [0.29, 0.717) is 0 Å². The molecule has 0 radical (unpaired) electrons. The van der Waals surface area contributed by atoms with Gasteiger partial charge >= 0.3 is 0 Å². The van der Waals surface area contributed by atoms with Crippen LogP contribution in [0, 0.1) is 0 Å². The minimum atomic E-state index is -3.20. The summed E-state index contributed by atoms with van der Waals surface area (Å²) in [6.07, 6.45) is 4.49. The highest BCUT2D eigenvalue weighted by Gasteiger charge is 2.22. The van der Waals surface area contributed by atoms with Crippen molar-refractivity contribution >= 4 is 15.7 Å². The van der Waals surface area contributed by atoms with Gasteiger partial charge < -0.3 is 9.32 Å². The monoisotopic (exact) mass is 322 g/mol. The van der Waals surface area contributed by atoms with Gasteiger partial charge in [0.1, 0.15) is 11.5 Å². The molecule has 2 heterocycles. The first kappa shape index (κ1) is 16.2. The van der Waals surface area contributed by atoms with Gasteiger partial charge in [-0.15, -0.1) is 0 Å². The largest absolute Gasteiger partial charge is 0.455 e. The second-order valence-corrected chi connectivity index (χ2v) is 7.35. The number of furan rings is 1. The standard InChI is InChI=1S/C15H18N2O4S/c1-11(12-5-4-8-16-9-12)17(2)15(18)14-7-6-13(21-14)10-22(3,19)20/h4-9,11H,10H2,1-3H3. The summed E-state index contributed by atoms with van der Waals surface area (Å²) >= 11 is 0. The highest BCUT2D eigenvalue weighted by molar-refractivity contribution is 7.89. The van der Waals surface area contributed by atoms with Crippen LogP contribution in [0.1, 0.15) is 34.8 Å². The molecule has 0 fully saturated rings. The molecule has 2 aromatic heterocycles. The van der Waals surface area contributed by atoms with E-state index in [1.807, 2.05) is 13.0 Å². The van der Waals surface area contributed by atoms with Gasteiger partial charge in [0, 0.05) is 25.7 Å². The fraction of sp³-hybridized carbons (Fsp3) is 0.333. The van der Waals surface area contributed by atoms with Gasteiger partial charge in [-0.3, -0.25) is 9.78 Å². The first-order valence-corrected chi connectivity index (χ1v) is 8.77. The van der Waals surface area contributed by atoms with Gasteiger partial charge in [-0.25, -0.2) is 8.42 Å². The van der Waals surface area contributed by atoms with Gasteiger partial charge in [-0.1, -0.05) is 6.07 Å². The molecule has 1 atom stereocenters. The molecule has 0 aliphatic rings. The van der Waals surface area contributed by atoms with Crippen molar-refractivity contribution in [1.29, 1.82) is 0 Å². The van der Waals surface area contributed by atoms with Crippen molar-refractivity contribution < 1.29 is 17.6 Å². The zero-order chi connectivity index (χ0) is 16.3. The molecule has 0 N–H and O–H groups in total. The highest BCUT2D eigenvalue weighted by atomic mass is 32.2. The van der Waals surface area contributed by atoms with Crippen molar-refractivity contribution in [3.05, 3.63) is 53.7 Å².